The van der Waals surface area contributed by atoms with Crippen molar-refractivity contribution in [3.05, 3.63) is 53.9 Å². The number of carbonyl (C=O) groups excluding carboxylic acids is 1. The molecule has 1 saturated heterocycles. The molecular weight excluding hydrogens is 336 g/mol. The van der Waals surface area contributed by atoms with Gasteiger partial charge in [-0.1, -0.05) is 30.3 Å². The Bertz CT molecular complexity index is 711. The maximum absolute atomic E-state index is 12.2. The van der Waals surface area contributed by atoms with E-state index in [2.05, 4.69) is 15.7 Å². The molecule has 0 saturated carbocycles. The van der Waals surface area contributed by atoms with Gasteiger partial charge in [0, 0.05) is 41.6 Å². The molecule has 1 amide bonds. The molecule has 2 unspecified atom stereocenters. The van der Waals surface area contributed by atoms with Crippen LogP contribution in [0.25, 0.3) is 0 Å². The van der Waals surface area contributed by atoms with Gasteiger partial charge in [-0.25, -0.2) is 0 Å². The molecule has 134 valence electrons. The van der Waals surface area contributed by atoms with E-state index in [1.165, 1.54) is 0 Å². The number of piperidine rings is 1. The zero-order valence-electron chi connectivity index (χ0n) is 14.2. The van der Waals surface area contributed by atoms with Crippen molar-refractivity contribution in [2.75, 3.05) is 25.4 Å². The SMILES string of the molecule is O=C(NCCS(=O)Cc1ccccc1)c1ccn(C2CCCNC2)n1. The number of amides is 1. The van der Waals surface area contributed by atoms with Gasteiger partial charge in [-0.05, 0) is 31.0 Å². The van der Waals surface area contributed by atoms with Crippen LogP contribution in [0.5, 0.6) is 0 Å². The number of aromatic nitrogens is 2. The maximum atomic E-state index is 12.2. The Morgan fingerprint density at radius 2 is 2.16 bits per heavy atom. The van der Waals surface area contributed by atoms with Gasteiger partial charge in [0.15, 0.2) is 0 Å². The minimum Gasteiger partial charge on any atom is -0.350 e. The number of carbonyl (C=O) groups is 1. The molecule has 2 atom stereocenters. The molecule has 1 aliphatic rings. The van der Waals surface area contributed by atoms with E-state index in [9.17, 15) is 9.00 Å². The van der Waals surface area contributed by atoms with Gasteiger partial charge >= 0.3 is 0 Å². The molecule has 2 aromatic rings. The van der Waals surface area contributed by atoms with Crippen molar-refractivity contribution in [3.63, 3.8) is 0 Å². The van der Waals surface area contributed by atoms with Crippen LogP contribution in [0.2, 0.25) is 0 Å². The summed E-state index contributed by atoms with van der Waals surface area (Å²) in [4.78, 5) is 12.2. The minimum absolute atomic E-state index is 0.209. The van der Waals surface area contributed by atoms with Crippen LogP contribution in [0.1, 0.15) is 34.9 Å². The average Bonchev–Trinajstić information content (AvgIpc) is 3.13. The highest BCUT2D eigenvalue weighted by Crippen LogP contribution is 2.15. The number of nitrogens with one attached hydrogen (secondary N) is 2. The van der Waals surface area contributed by atoms with Crippen molar-refractivity contribution >= 4 is 16.7 Å². The Kier molecular flexibility index (Phi) is 6.36. The topological polar surface area (TPSA) is 76.0 Å². The van der Waals surface area contributed by atoms with Gasteiger partial charge in [0.05, 0.1) is 6.04 Å². The Morgan fingerprint density at radius 3 is 2.92 bits per heavy atom. The third-order valence-electron chi connectivity index (χ3n) is 4.27. The molecule has 6 nitrogen and oxygen atoms in total. The number of benzene rings is 1. The third-order valence-corrected chi connectivity index (χ3v) is 5.59. The van der Waals surface area contributed by atoms with Crippen molar-refractivity contribution in [2.45, 2.75) is 24.6 Å². The van der Waals surface area contributed by atoms with E-state index in [-0.39, 0.29) is 5.91 Å². The predicted molar refractivity (Wildman–Crippen MR) is 98.9 cm³/mol. The monoisotopic (exact) mass is 360 g/mol. The first-order chi connectivity index (χ1) is 12.2. The molecule has 0 radical (unpaired) electrons. The smallest absolute Gasteiger partial charge is 0.271 e. The Balaban J connectivity index is 1.43. The van der Waals surface area contributed by atoms with E-state index in [0.29, 0.717) is 29.8 Å². The largest absolute Gasteiger partial charge is 0.350 e. The van der Waals surface area contributed by atoms with Crippen LogP contribution in [0, 0.1) is 0 Å². The zero-order chi connectivity index (χ0) is 17.5. The molecule has 7 heteroatoms. The van der Waals surface area contributed by atoms with E-state index in [4.69, 9.17) is 0 Å². The van der Waals surface area contributed by atoms with Crippen LogP contribution >= 0.6 is 0 Å². The van der Waals surface area contributed by atoms with Crippen molar-refractivity contribution < 1.29 is 9.00 Å². The first kappa shape index (κ1) is 17.8. The van der Waals surface area contributed by atoms with Crippen molar-refractivity contribution in [3.8, 4) is 0 Å². The molecule has 0 spiro atoms. The molecule has 0 aliphatic carbocycles. The lowest BCUT2D eigenvalue weighted by molar-refractivity contribution is 0.0950. The molecule has 1 aromatic carbocycles. The summed E-state index contributed by atoms with van der Waals surface area (Å²) in [6, 6.07) is 11.8. The fourth-order valence-electron chi connectivity index (χ4n) is 2.92. The summed E-state index contributed by atoms with van der Waals surface area (Å²) in [5.74, 6) is 0.743. The summed E-state index contributed by atoms with van der Waals surface area (Å²) < 4.78 is 13.9. The summed E-state index contributed by atoms with van der Waals surface area (Å²) >= 11 is 0. The first-order valence-electron chi connectivity index (χ1n) is 8.65. The number of rotatable bonds is 7. The van der Waals surface area contributed by atoms with Gasteiger partial charge in [0.25, 0.3) is 5.91 Å². The number of hydrogen-bond acceptors (Lipinski definition) is 4. The molecule has 2 N–H and O–H groups in total. The van der Waals surface area contributed by atoms with Crippen molar-refractivity contribution in [1.82, 2.24) is 20.4 Å². The highest BCUT2D eigenvalue weighted by molar-refractivity contribution is 7.84. The summed E-state index contributed by atoms with van der Waals surface area (Å²) in [6.45, 7) is 2.32. The van der Waals surface area contributed by atoms with E-state index >= 15 is 0 Å². The molecule has 1 aromatic heterocycles. The summed E-state index contributed by atoms with van der Waals surface area (Å²) in [5, 5.41) is 10.5. The summed E-state index contributed by atoms with van der Waals surface area (Å²) in [5.41, 5.74) is 1.46. The summed E-state index contributed by atoms with van der Waals surface area (Å²) in [6.07, 6.45) is 4.06. The molecule has 25 heavy (non-hydrogen) atoms. The van der Waals surface area contributed by atoms with E-state index < -0.39 is 10.8 Å². The second-order valence-corrected chi connectivity index (χ2v) is 7.79. The fraction of sp³-hybridized carbons (Fsp3) is 0.444. The first-order valence-corrected chi connectivity index (χ1v) is 10.1. The van der Waals surface area contributed by atoms with E-state index in [0.717, 1.165) is 31.5 Å². The number of nitrogens with zero attached hydrogens (tertiary/aromatic N) is 2. The molecule has 1 fully saturated rings. The van der Waals surface area contributed by atoms with Gasteiger partial charge in [0.2, 0.25) is 0 Å². The van der Waals surface area contributed by atoms with Gasteiger partial charge in [-0.15, -0.1) is 0 Å². The Hall–Kier alpha value is -1.99. The average molecular weight is 360 g/mol. The lowest BCUT2D eigenvalue weighted by Crippen LogP contribution is -2.32. The van der Waals surface area contributed by atoms with Crippen LogP contribution in [0.3, 0.4) is 0 Å². The molecule has 2 heterocycles. The Morgan fingerprint density at radius 1 is 1.32 bits per heavy atom. The van der Waals surface area contributed by atoms with Crippen LogP contribution in [-0.4, -0.2) is 45.3 Å². The lowest BCUT2D eigenvalue weighted by atomic mass is 10.1. The van der Waals surface area contributed by atoms with Gasteiger partial charge < -0.3 is 10.6 Å². The second-order valence-electron chi connectivity index (χ2n) is 6.21. The molecule has 0 bridgehead atoms. The van der Waals surface area contributed by atoms with Crippen LogP contribution in [-0.2, 0) is 16.6 Å². The Labute approximate surface area is 150 Å². The van der Waals surface area contributed by atoms with Crippen LogP contribution in [0.15, 0.2) is 42.6 Å². The summed E-state index contributed by atoms with van der Waals surface area (Å²) in [7, 11) is -0.991. The van der Waals surface area contributed by atoms with Crippen LogP contribution < -0.4 is 10.6 Å². The van der Waals surface area contributed by atoms with Crippen LogP contribution in [0.4, 0.5) is 0 Å². The van der Waals surface area contributed by atoms with E-state index in [1.54, 1.807) is 6.07 Å². The van der Waals surface area contributed by atoms with Gasteiger partial charge in [0.1, 0.15) is 5.69 Å². The molecular formula is C18H24N4O2S. The minimum atomic E-state index is -0.991. The van der Waals surface area contributed by atoms with Gasteiger partial charge in [-0.3, -0.25) is 13.7 Å². The number of hydrogen-bond donors (Lipinski definition) is 2. The fourth-order valence-corrected chi connectivity index (χ4v) is 3.96. The predicted octanol–water partition coefficient (Wildman–Crippen LogP) is 1.49. The zero-order valence-corrected chi connectivity index (χ0v) is 15.0. The molecule has 3 rings (SSSR count). The van der Waals surface area contributed by atoms with Crippen molar-refractivity contribution in [2.24, 2.45) is 0 Å². The standard InChI is InChI=1S/C18H24N4O2S/c23-18(17-8-11-22(21-17)16-7-4-9-19-13-16)20-10-12-25(24)14-15-5-2-1-3-6-15/h1-3,5-6,8,11,16,19H,4,7,9-10,12-14H2,(H,20,23). The highest BCUT2D eigenvalue weighted by atomic mass is 32.2. The lowest BCUT2D eigenvalue weighted by Gasteiger charge is -2.22. The third kappa shape index (κ3) is 5.24. The molecule has 1 aliphatic heterocycles. The van der Waals surface area contributed by atoms with Crippen molar-refractivity contribution in [1.29, 1.82) is 0 Å². The normalized spacial score (nSPS) is 18.6. The quantitative estimate of drug-likeness (QED) is 0.784. The highest BCUT2D eigenvalue weighted by Gasteiger charge is 2.17. The van der Waals surface area contributed by atoms with E-state index in [1.807, 2.05) is 41.2 Å². The maximum Gasteiger partial charge on any atom is 0.271 e. The van der Waals surface area contributed by atoms with Gasteiger partial charge in [-0.2, -0.15) is 5.10 Å². The second kappa shape index (κ2) is 8.92.